The summed E-state index contributed by atoms with van der Waals surface area (Å²) in [6.45, 7) is 3.27. The molecule has 0 amide bonds. The van der Waals surface area contributed by atoms with Crippen LogP contribution in [0.4, 0.5) is 0 Å². The van der Waals surface area contributed by atoms with Crippen molar-refractivity contribution in [3.63, 3.8) is 0 Å². The topological polar surface area (TPSA) is 55.2 Å². The third-order valence-electron chi connectivity index (χ3n) is 3.03. The van der Waals surface area contributed by atoms with Crippen molar-refractivity contribution < 1.29 is 8.42 Å². The monoisotopic (exact) mass is 347 g/mol. The Kier molecular flexibility index (Phi) is 5.80. The zero-order chi connectivity index (χ0) is 15.3. The molecule has 8 heteroatoms. The van der Waals surface area contributed by atoms with Crippen LogP contribution in [-0.2, 0) is 23.1 Å². The smallest absolute Gasteiger partial charge is 0.246 e. The molecule has 0 aromatic carbocycles. The first-order valence-corrected chi connectivity index (χ1v) is 9.54. The highest BCUT2D eigenvalue weighted by molar-refractivity contribution is 7.89. The Morgan fingerprint density at radius 2 is 2.29 bits per heavy atom. The summed E-state index contributed by atoms with van der Waals surface area (Å²) in [4.78, 5) is 1.26. The van der Waals surface area contributed by atoms with Gasteiger partial charge in [0.25, 0.3) is 0 Å². The van der Waals surface area contributed by atoms with Gasteiger partial charge >= 0.3 is 0 Å². The maximum absolute atomic E-state index is 12.6. The molecule has 0 aliphatic carbocycles. The van der Waals surface area contributed by atoms with Gasteiger partial charge in [-0.2, -0.15) is 9.40 Å². The Hall–Kier alpha value is -0.890. The van der Waals surface area contributed by atoms with Gasteiger partial charge < -0.3 is 0 Å². The Morgan fingerprint density at radius 1 is 1.48 bits per heavy atom. The average Bonchev–Trinajstić information content (AvgIpc) is 3.13. The van der Waals surface area contributed by atoms with E-state index in [1.165, 1.54) is 10.5 Å². The summed E-state index contributed by atoms with van der Waals surface area (Å²) in [5, 5.41) is 6.03. The van der Waals surface area contributed by atoms with Crippen LogP contribution in [0.25, 0.3) is 0 Å². The lowest BCUT2D eigenvalue weighted by atomic mass is 10.4. The van der Waals surface area contributed by atoms with E-state index in [-0.39, 0.29) is 4.90 Å². The summed E-state index contributed by atoms with van der Waals surface area (Å²) in [5.41, 5.74) is 0. The van der Waals surface area contributed by atoms with Crippen LogP contribution in [0.2, 0.25) is 0 Å². The van der Waals surface area contributed by atoms with Gasteiger partial charge in [-0.15, -0.1) is 22.9 Å². The maximum Gasteiger partial charge on any atom is 0.246 e. The minimum absolute atomic E-state index is 0.232. The number of aryl methyl sites for hydroxylation is 1. The van der Waals surface area contributed by atoms with Crippen LogP contribution in [0.5, 0.6) is 0 Å². The van der Waals surface area contributed by atoms with E-state index in [9.17, 15) is 8.42 Å². The van der Waals surface area contributed by atoms with Crippen molar-refractivity contribution in [1.29, 1.82) is 0 Å². The minimum atomic E-state index is -3.51. The highest BCUT2D eigenvalue weighted by Gasteiger charge is 2.25. The summed E-state index contributed by atoms with van der Waals surface area (Å²) in [5.74, 6) is 0.529. The summed E-state index contributed by atoms with van der Waals surface area (Å²) < 4.78 is 28.3. The highest BCUT2D eigenvalue weighted by atomic mass is 35.5. The number of thiophene rings is 1. The molecular weight excluding hydrogens is 330 g/mol. The van der Waals surface area contributed by atoms with Crippen LogP contribution in [-0.4, -0.2) is 34.9 Å². The van der Waals surface area contributed by atoms with Crippen LogP contribution in [0, 0.1) is 0 Å². The second-order valence-electron chi connectivity index (χ2n) is 4.49. The van der Waals surface area contributed by atoms with Crippen molar-refractivity contribution in [3.8, 4) is 0 Å². The molecule has 0 aliphatic heterocycles. The zero-order valence-electron chi connectivity index (χ0n) is 11.8. The highest BCUT2D eigenvalue weighted by Crippen LogP contribution is 2.19. The summed E-state index contributed by atoms with van der Waals surface area (Å²) in [7, 11) is -3.51. The molecule has 2 heterocycles. The van der Waals surface area contributed by atoms with Gasteiger partial charge in [0.05, 0.1) is 6.20 Å². The van der Waals surface area contributed by atoms with Gasteiger partial charge in [0.2, 0.25) is 10.0 Å². The van der Waals surface area contributed by atoms with Crippen molar-refractivity contribution in [2.75, 3.05) is 12.4 Å². The van der Waals surface area contributed by atoms with E-state index in [1.54, 1.807) is 22.2 Å². The quantitative estimate of drug-likeness (QED) is 0.690. The van der Waals surface area contributed by atoms with Gasteiger partial charge in [0, 0.05) is 36.6 Å². The SMILES string of the molecule is CCN(Cc1cccs1)S(=O)(=O)c1cnn(CCCCl)c1. The molecule has 0 N–H and O–H groups in total. The van der Waals surface area contributed by atoms with Crippen LogP contribution in [0.1, 0.15) is 18.2 Å². The van der Waals surface area contributed by atoms with Crippen LogP contribution >= 0.6 is 22.9 Å². The summed E-state index contributed by atoms with van der Waals surface area (Å²) in [6.07, 6.45) is 3.73. The molecule has 0 unspecified atom stereocenters. The lowest BCUT2D eigenvalue weighted by Gasteiger charge is -2.18. The number of hydrogen-bond acceptors (Lipinski definition) is 4. The Balaban J connectivity index is 2.16. The van der Waals surface area contributed by atoms with Gasteiger partial charge in [-0.3, -0.25) is 4.68 Å². The molecule has 0 radical (unpaired) electrons. The molecule has 0 aliphatic rings. The molecule has 2 aromatic rings. The molecule has 0 spiro atoms. The maximum atomic E-state index is 12.6. The minimum Gasteiger partial charge on any atom is -0.271 e. The molecule has 21 heavy (non-hydrogen) atoms. The van der Waals surface area contributed by atoms with Crippen LogP contribution in [0.3, 0.4) is 0 Å². The van der Waals surface area contributed by atoms with Crippen molar-refractivity contribution in [3.05, 3.63) is 34.8 Å². The molecule has 2 rings (SSSR count). The third-order valence-corrected chi connectivity index (χ3v) is 6.04. The first-order chi connectivity index (χ1) is 10.1. The third kappa shape index (κ3) is 4.06. The van der Waals surface area contributed by atoms with Crippen LogP contribution < -0.4 is 0 Å². The predicted octanol–water partition coefficient (Wildman–Crippen LogP) is 2.78. The molecular formula is C13H18ClN3O2S2. The van der Waals surface area contributed by atoms with E-state index >= 15 is 0 Å². The van der Waals surface area contributed by atoms with Gasteiger partial charge in [0.15, 0.2) is 0 Å². The first-order valence-electron chi connectivity index (χ1n) is 6.69. The first kappa shape index (κ1) is 16.5. The van der Waals surface area contributed by atoms with Gasteiger partial charge in [-0.05, 0) is 17.9 Å². The molecule has 116 valence electrons. The number of sulfonamides is 1. The largest absolute Gasteiger partial charge is 0.271 e. The fraction of sp³-hybridized carbons (Fsp3) is 0.462. The fourth-order valence-corrected chi connectivity index (χ4v) is 4.22. The Morgan fingerprint density at radius 3 is 2.90 bits per heavy atom. The number of halogens is 1. The van der Waals surface area contributed by atoms with Crippen molar-refractivity contribution in [1.82, 2.24) is 14.1 Å². The average molecular weight is 348 g/mol. The van der Waals surface area contributed by atoms with Crippen molar-refractivity contribution in [2.24, 2.45) is 0 Å². The second-order valence-corrected chi connectivity index (χ2v) is 7.84. The normalized spacial score (nSPS) is 12.1. The number of hydrogen-bond donors (Lipinski definition) is 0. The molecule has 0 saturated carbocycles. The predicted molar refractivity (Wildman–Crippen MR) is 85.2 cm³/mol. The lowest BCUT2D eigenvalue weighted by molar-refractivity contribution is 0.426. The zero-order valence-corrected chi connectivity index (χ0v) is 14.2. The molecule has 0 saturated heterocycles. The molecule has 5 nitrogen and oxygen atoms in total. The van der Waals surface area contributed by atoms with E-state index in [1.807, 2.05) is 24.4 Å². The van der Waals surface area contributed by atoms with Gasteiger partial charge in [-0.25, -0.2) is 8.42 Å². The number of alkyl halides is 1. The van der Waals surface area contributed by atoms with Crippen LogP contribution in [0.15, 0.2) is 34.8 Å². The van der Waals surface area contributed by atoms with Gasteiger partial charge in [-0.1, -0.05) is 13.0 Å². The fourth-order valence-electron chi connectivity index (χ4n) is 1.91. The standard InChI is InChI=1S/C13H18ClN3O2S2/c1-2-17(10-12-5-3-8-20-12)21(18,19)13-9-15-16(11-13)7-4-6-14/h3,5,8-9,11H,2,4,6-7,10H2,1H3. The van der Waals surface area contributed by atoms with Gasteiger partial charge in [0.1, 0.15) is 4.90 Å². The lowest BCUT2D eigenvalue weighted by Crippen LogP contribution is -2.29. The number of aromatic nitrogens is 2. The molecule has 2 aromatic heterocycles. The van der Waals surface area contributed by atoms with Crippen molar-refractivity contribution >= 4 is 33.0 Å². The van der Waals surface area contributed by atoms with Crippen molar-refractivity contribution in [2.45, 2.75) is 31.3 Å². The van der Waals surface area contributed by atoms with E-state index < -0.39 is 10.0 Å². The summed E-state index contributed by atoms with van der Waals surface area (Å²) >= 11 is 7.19. The number of nitrogens with zero attached hydrogens (tertiary/aromatic N) is 3. The van der Waals surface area contributed by atoms with E-state index in [4.69, 9.17) is 11.6 Å². The second kappa shape index (κ2) is 7.40. The molecule has 0 bridgehead atoms. The summed E-state index contributed by atoms with van der Waals surface area (Å²) in [6, 6.07) is 3.86. The van der Waals surface area contributed by atoms with E-state index in [2.05, 4.69) is 5.10 Å². The molecule has 0 atom stereocenters. The Bertz CT molecular complexity index is 653. The molecule has 0 fully saturated rings. The van der Waals surface area contributed by atoms with E-state index in [0.717, 1.165) is 11.3 Å². The number of rotatable bonds is 8. The van der Waals surface area contributed by atoms with E-state index in [0.29, 0.717) is 25.5 Å². The Labute approximate surface area is 134 Å².